The first-order valence-corrected chi connectivity index (χ1v) is 6.58. The van der Waals surface area contributed by atoms with Crippen molar-refractivity contribution in [1.29, 1.82) is 0 Å². The van der Waals surface area contributed by atoms with E-state index in [1.165, 1.54) is 16.5 Å². The summed E-state index contributed by atoms with van der Waals surface area (Å²) < 4.78 is 1.09. The van der Waals surface area contributed by atoms with Gasteiger partial charge in [-0.1, -0.05) is 69.9 Å². The van der Waals surface area contributed by atoms with Crippen LogP contribution in [0.2, 0.25) is 0 Å². The third kappa shape index (κ3) is 1.97. The summed E-state index contributed by atoms with van der Waals surface area (Å²) in [6, 6.07) is 20.6. The summed E-state index contributed by atoms with van der Waals surface area (Å²) in [4.78, 5) is 0. The molecule has 3 rings (SSSR count). The molecule has 0 nitrogen and oxygen atoms in total. The first kappa shape index (κ1) is 11.5. The monoisotopic (exact) mass is 292 g/mol. The Morgan fingerprint density at radius 2 is 1.39 bits per heavy atom. The minimum atomic E-state index is 0.825. The van der Waals surface area contributed by atoms with Crippen LogP contribution in [0.1, 0.15) is 0 Å². The van der Waals surface area contributed by atoms with E-state index in [9.17, 15) is 0 Å². The van der Waals surface area contributed by atoms with Gasteiger partial charge in [0.1, 0.15) is 7.85 Å². The lowest BCUT2D eigenvalue weighted by Crippen LogP contribution is -2.03. The number of fused-ring (bicyclic) bond motifs is 1. The Hall–Kier alpha value is -1.54. The van der Waals surface area contributed by atoms with Crippen LogP contribution in [0.15, 0.2) is 65.1 Å². The van der Waals surface area contributed by atoms with E-state index >= 15 is 0 Å². The molecule has 0 saturated heterocycles. The van der Waals surface area contributed by atoms with Gasteiger partial charge in [-0.2, -0.15) is 0 Å². The van der Waals surface area contributed by atoms with Gasteiger partial charge in [-0.15, -0.1) is 0 Å². The Kier molecular flexibility index (Phi) is 2.96. The van der Waals surface area contributed by atoms with E-state index in [1.807, 2.05) is 18.2 Å². The summed E-state index contributed by atoms with van der Waals surface area (Å²) in [5.74, 6) is 0. The van der Waals surface area contributed by atoms with Gasteiger partial charge in [-0.05, 0) is 34.0 Å². The molecule has 0 atom stereocenters. The quantitative estimate of drug-likeness (QED) is 0.593. The normalized spacial score (nSPS) is 10.7. The van der Waals surface area contributed by atoms with Crippen molar-refractivity contribution >= 4 is 40.0 Å². The molecule has 0 bridgehead atoms. The second-order valence-electron chi connectivity index (χ2n) is 4.25. The molecule has 0 saturated carbocycles. The molecular formula is C16H10BBr. The average Bonchev–Trinajstić information content (AvgIpc) is 2.41. The predicted octanol–water partition coefficient (Wildman–Crippen LogP) is 4.06. The highest BCUT2D eigenvalue weighted by Crippen LogP contribution is 2.28. The third-order valence-electron chi connectivity index (χ3n) is 3.11. The number of benzene rings is 3. The highest BCUT2D eigenvalue weighted by molar-refractivity contribution is 9.10. The van der Waals surface area contributed by atoms with Crippen LogP contribution in [0.25, 0.3) is 21.9 Å². The molecule has 84 valence electrons. The van der Waals surface area contributed by atoms with Crippen LogP contribution in [-0.2, 0) is 0 Å². The van der Waals surface area contributed by atoms with Gasteiger partial charge in [0.2, 0.25) is 0 Å². The predicted molar refractivity (Wildman–Crippen MR) is 82.5 cm³/mol. The molecule has 0 spiro atoms. The van der Waals surface area contributed by atoms with Crippen molar-refractivity contribution in [3.63, 3.8) is 0 Å². The fourth-order valence-electron chi connectivity index (χ4n) is 2.20. The van der Waals surface area contributed by atoms with E-state index in [0.717, 1.165) is 15.3 Å². The second-order valence-corrected chi connectivity index (χ2v) is 5.17. The minimum absolute atomic E-state index is 0.825. The molecule has 2 heteroatoms. The van der Waals surface area contributed by atoms with Gasteiger partial charge in [0.05, 0.1) is 0 Å². The summed E-state index contributed by atoms with van der Waals surface area (Å²) in [6.45, 7) is 0. The molecular weight excluding hydrogens is 283 g/mol. The van der Waals surface area contributed by atoms with Crippen LogP contribution in [0.5, 0.6) is 0 Å². The number of halogens is 1. The molecule has 0 aromatic heterocycles. The molecule has 0 aliphatic carbocycles. The van der Waals surface area contributed by atoms with E-state index in [-0.39, 0.29) is 0 Å². The topological polar surface area (TPSA) is 0 Å². The van der Waals surface area contributed by atoms with E-state index < -0.39 is 0 Å². The largest absolute Gasteiger partial charge is 0.114 e. The molecule has 0 heterocycles. The Morgan fingerprint density at radius 3 is 2.11 bits per heavy atom. The lowest BCUT2D eigenvalue weighted by atomic mass is 9.86. The number of hydrogen-bond acceptors (Lipinski definition) is 0. The van der Waals surface area contributed by atoms with E-state index in [2.05, 4.69) is 58.4 Å². The smallest absolute Gasteiger partial charge is 0.0889 e. The molecule has 0 fully saturated rings. The molecule has 0 amide bonds. The lowest BCUT2D eigenvalue weighted by molar-refractivity contribution is 1.62. The fraction of sp³-hybridized carbons (Fsp3) is 0. The molecule has 3 aromatic carbocycles. The van der Waals surface area contributed by atoms with Gasteiger partial charge in [-0.3, -0.25) is 0 Å². The van der Waals surface area contributed by atoms with Crippen molar-refractivity contribution < 1.29 is 0 Å². The summed E-state index contributed by atoms with van der Waals surface area (Å²) in [5.41, 5.74) is 3.24. The molecule has 0 unspecified atom stereocenters. The number of rotatable bonds is 1. The van der Waals surface area contributed by atoms with E-state index in [4.69, 9.17) is 7.85 Å². The van der Waals surface area contributed by atoms with Gasteiger partial charge >= 0.3 is 0 Å². The van der Waals surface area contributed by atoms with E-state index in [0.29, 0.717) is 0 Å². The van der Waals surface area contributed by atoms with Crippen LogP contribution in [-0.4, -0.2) is 7.85 Å². The Morgan fingerprint density at radius 1 is 0.722 bits per heavy atom. The minimum Gasteiger partial charge on any atom is -0.0889 e. The lowest BCUT2D eigenvalue weighted by Gasteiger charge is -2.09. The van der Waals surface area contributed by atoms with Crippen LogP contribution in [0.3, 0.4) is 0 Å². The van der Waals surface area contributed by atoms with Gasteiger partial charge in [0.25, 0.3) is 0 Å². The third-order valence-corrected chi connectivity index (χ3v) is 3.64. The Bertz CT molecular complexity index is 702. The van der Waals surface area contributed by atoms with Crippen molar-refractivity contribution in [1.82, 2.24) is 0 Å². The van der Waals surface area contributed by atoms with Gasteiger partial charge in [0, 0.05) is 4.47 Å². The van der Waals surface area contributed by atoms with Gasteiger partial charge in [-0.25, -0.2) is 0 Å². The van der Waals surface area contributed by atoms with Crippen molar-refractivity contribution in [2.45, 2.75) is 0 Å². The maximum absolute atomic E-state index is 6.02. The first-order chi connectivity index (χ1) is 8.75. The fourth-order valence-corrected chi connectivity index (χ4v) is 2.47. The Labute approximate surface area is 116 Å². The maximum atomic E-state index is 6.02. The molecule has 0 aliphatic rings. The van der Waals surface area contributed by atoms with Gasteiger partial charge in [0.15, 0.2) is 0 Å². The summed E-state index contributed by atoms with van der Waals surface area (Å²) in [7, 11) is 6.02. The van der Waals surface area contributed by atoms with Crippen molar-refractivity contribution in [2.75, 3.05) is 0 Å². The SMILES string of the molecule is [B]c1ccc(-c2ccc(Br)cc2)c2ccccc12. The summed E-state index contributed by atoms with van der Waals surface area (Å²) >= 11 is 3.46. The molecule has 18 heavy (non-hydrogen) atoms. The summed E-state index contributed by atoms with van der Waals surface area (Å²) in [6.07, 6.45) is 0. The average molecular weight is 293 g/mol. The summed E-state index contributed by atoms with van der Waals surface area (Å²) in [5, 5.41) is 2.30. The van der Waals surface area contributed by atoms with Crippen molar-refractivity contribution in [2.24, 2.45) is 0 Å². The van der Waals surface area contributed by atoms with Gasteiger partial charge < -0.3 is 0 Å². The second kappa shape index (κ2) is 4.62. The Balaban J connectivity index is 2.30. The highest BCUT2D eigenvalue weighted by atomic mass is 79.9. The molecule has 0 N–H and O–H groups in total. The maximum Gasteiger partial charge on any atom is 0.114 e. The van der Waals surface area contributed by atoms with Crippen LogP contribution in [0.4, 0.5) is 0 Å². The standard InChI is InChI=1S/C16H10BBr/c17-16-10-9-13(11-5-7-12(18)8-6-11)14-3-1-2-4-15(14)16/h1-10H. The highest BCUT2D eigenvalue weighted by Gasteiger charge is 2.04. The van der Waals surface area contributed by atoms with Crippen molar-refractivity contribution in [3.05, 3.63) is 65.1 Å². The molecule has 3 aromatic rings. The van der Waals surface area contributed by atoms with Crippen LogP contribution < -0.4 is 5.46 Å². The zero-order chi connectivity index (χ0) is 12.5. The molecule has 2 radical (unpaired) electrons. The van der Waals surface area contributed by atoms with Crippen molar-refractivity contribution in [3.8, 4) is 11.1 Å². The van der Waals surface area contributed by atoms with Crippen LogP contribution >= 0.6 is 15.9 Å². The molecule has 0 aliphatic heterocycles. The zero-order valence-corrected chi connectivity index (χ0v) is 11.3. The number of hydrogen-bond donors (Lipinski definition) is 0. The zero-order valence-electron chi connectivity index (χ0n) is 9.73. The first-order valence-electron chi connectivity index (χ1n) is 5.79. The van der Waals surface area contributed by atoms with E-state index in [1.54, 1.807) is 0 Å². The van der Waals surface area contributed by atoms with Crippen LogP contribution in [0, 0.1) is 0 Å².